The number of benzene rings is 1. The Morgan fingerprint density at radius 2 is 1.92 bits per heavy atom. The second-order valence-electron chi connectivity index (χ2n) is 6.86. The molecule has 3 rings (SSSR count). The van der Waals surface area contributed by atoms with E-state index in [-0.39, 0.29) is 24.3 Å². The first-order valence-electron chi connectivity index (χ1n) is 9.10. The number of hydrogen-bond acceptors (Lipinski definition) is 4. The molecule has 2 heterocycles. The molecule has 0 aliphatic carbocycles. The van der Waals surface area contributed by atoms with Crippen LogP contribution in [-0.2, 0) is 20.8 Å². The summed E-state index contributed by atoms with van der Waals surface area (Å²) >= 11 is 0. The van der Waals surface area contributed by atoms with Crippen molar-refractivity contribution >= 4 is 23.4 Å². The molecule has 0 saturated carbocycles. The number of rotatable bonds is 3. The van der Waals surface area contributed by atoms with Crippen molar-refractivity contribution in [2.75, 3.05) is 44.7 Å². The average molecular weight is 358 g/mol. The van der Waals surface area contributed by atoms with E-state index < -0.39 is 6.04 Å². The molecular weight excluding hydrogens is 332 g/mol. The monoisotopic (exact) mass is 358 g/mol. The lowest BCUT2D eigenvalue weighted by molar-refractivity contribution is -0.142. The number of piperazine rings is 1. The molecule has 26 heavy (non-hydrogen) atoms. The Bertz CT molecular complexity index is 706. The molecule has 1 saturated heterocycles. The molecule has 3 amide bonds. The van der Waals surface area contributed by atoms with Crippen molar-refractivity contribution < 1.29 is 14.4 Å². The summed E-state index contributed by atoms with van der Waals surface area (Å²) in [4.78, 5) is 42.2. The molecule has 1 fully saturated rings. The van der Waals surface area contributed by atoms with E-state index in [1.807, 2.05) is 28.0 Å². The molecule has 0 aromatic heterocycles. The van der Waals surface area contributed by atoms with Crippen LogP contribution in [0.5, 0.6) is 0 Å². The topological polar surface area (TPSA) is 73.0 Å². The van der Waals surface area contributed by atoms with Crippen LogP contribution in [0.4, 0.5) is 5.69 Å². The van der Waals surface area contributed by atoms with E-state index in [1.165, 1.54) is 12.5 Å². The van der Waals surface area contributed by atoms with Crippen molar-refractivity contribution in [2.24, 2.45) is 0 Å². The fourth-order valence-electron chi connectivity index (χ4n) is 3.82. The molecule has 140 valence electrons. The van der Waals surface area contributed by atoms with Crippen LogP contribution < -0.4 is 10.2 Å². The molecule has 1 aromatic carbocycles. The normalized spacial score (nSPS) is 20.5. The highest BCUT2D eigenvalue weighted by Gasteiger charge is 2.34. The second-order valence-corrected chi connectivity index (χ2v) is 6.86. The number of likely N-dealkylation sites (N-methyl/N-ethyl adjacent to an activating group) is 1. The number of nitrogens with one attached hydrogen (secondary N) is 1. The molecule has 0 spiro atoms. The maximum atomic E-state index is 12.9. The maximum absolute atomic E-state index is 12.9. The summed E-state index contributed by atoms with van der Waals surface area (Å²) in [5, 5.41) is 2.61. The van der Waals surface area contributed by atoms with Crippen LogP contribution >= 0.6 is 0 Å². The van der Waals surface area contributed by atoms with Crippen LogP contribution in [0.25, 0.3) is 0 Å². The number of aryl methyl sites for hydroxylation is 1. The number of para-hydroxylation sites is 1. The third-order valence-electron chi connectivity index (χ3n) is 5.19. The Hall–Kier alpha value is -2.41. The van der Waals surface area contributed by atoms with E-state index >= 15 is 0 Å². The first-order valence-corrected chi connectivity index (χ1v) is 9.10. The quantitative estimate of drug-likeness (QED) is 0.840. The number of hydrogen-bond donors (Lipinski definition) is 1. The van der Waals surface area contributed by atoms with E-state index in [0.717, 1.165) is 25.1 Å². The number of carbonyl (C=O) groups excluding carboxylic acids is 3. The second kappa shape index (κ2) is 7.86. The fraction of sp³-hybridized carbons (Fsp3) is 0.526. The van der Waals surface area contributed by atoms with Crippen LogP contribution in [-0.4, -0.2) is 73.3 Å². The average Bonchev–Trinajstić information content (AvgIpc) is 2.66. The van der Waals surface area contributed by atoms with Gasteiger partial charge in [0.1, 0.15) is 6.04 Å². The molecule has 2 aliphatic rings. The number of fused-ring (bicyclic) bond motifs is 1. The summed E-state index contributed by atoms with van der Waals surface area (Å²) in [6.07, 6.45) is 1.96. The fourth-order valence-corrected chi connectivity index (χ4v) is 3.82. The predicted octanol–water partition coefficient (Wildman–Crippen LogP) is 0.245. The highest BCUT2D eigenvalue weighted by molar-refractivity contribution is 5.96. The van der Waals surface area contributed by atoms with Gasteiger partial charge >= 0.3 is 0 Å². The van der Waals surface area contributed by atoms with Crippen LogP contribution in [0.2, 0.25) is 0 Å². The number of nitrogens with zero attached hydrogens (tertiary/aromatic N) is 3. The van der Waals surface area contributed by atoms with Gasteiger partial charge in [-0.25, -0.2) is 0 Å². The van der Waals surface area contributed by atoms with Gasteiger partial charge in [0, 0.05) is 45.8 Å². The lowest BCUT2D eigenvalue weighted by atomic mass is 10.0. The minimum atomic E-state index is -0.548. The number of anilines is 1. The third kappa shape index (κ3) is 3.72. The highest BCUT2D eigenvalue weighted by Crippen LogP contribution is 2.27. The predicted molar refractivity (Wildman–Crippen MR) is 98.8 cm³/mol. The van der Waals surface area contributed by atoms with Gasteiger partial charge in [-0.3, -0.25) is 19.3 Å². The van der Waals surface area contributed by atoms with E-state index in [9.17, 15) is 14.4 Å². The van der Waals surface area contributed by atoms with E-state index in [4.69, 9.17) is 0 Å². The van der Waals surface area contributed by atoms with Gasteiger partial charge in [0.25, 0.3) is 0 Å². The Kier molecular flexibility index (Phi) is 5.56. The van der Waals surface area contributed by atoms with E-state index in [1.54, 1.807) is 11.9 Å². The largest absolute Gasteiger partial charge is 0.357 e. The molecule has 0 unspecified atom stereocenters. The van der Waals surface area contributed by atoms with Gasteiger partial charge in [-0.1, -0.05) is 18.2 Å². The minimum absolute atomic E-state index is 0.0454. The molecular formula is C19H26N4O3. The van der Waals surface area contributed by atoms with Gasteiger partial charge in [0.2, 0.25) is 17.7 Å². The van der Waals surface area contributed by atoms with Crippen molar-refractivity contribution in [2.45, 2.75) is 25.8 Å². The van der Waals surface area contributed by atoms with Crippen LogP contribution in [0.3, 0.4) is 0 Å². The molecule has 1 aromatic rings. The Labute approximate surface area is 153 Å². The molecule has 7 nitrogen and oxygen atoms in total. The van der Waals surface area contributed by atoms with E-state index in [0.29, 0.717) is 19.6 Å². The van der Waals surface area contributed by atoms with E-state index in [2.05, 4.69) is 11.4 Å². The Morgan fingerprint density at radius 1 is 1.15 bits per heavy atom. The van der Waals surface area contributed by atoms with Crippen LogP contribution in [0.1, 0.15) is 18.9 Å². The van der Waals surface area contributed by atoms with Crippen LogP contribution in [0.15, 0.2) is 24.3 Å². The Balaban J connectivity index is 1.69. The summed E-state index contributed by atoms with van der Waals surface area (Å²) < 4.78 is 0. The van der Waals surface area contributed by atoms with Crippen LogP contribution in [0, 0.1) is 0 Å². The minimum Gasteiger partial charge on any atom is -0.357 e. The van der Waals surface area contributed by atoms with Crippen molar-refractivity contribution in [1.29, 1.82) is 0 Å². The molecule has 2 aliphatic heterocycles. The smallest absolute Gasteiger partial charge is 0.243 e. The zero-order chi connectivity index (χ0) is 18.7. The third-order valence-corrected chi connectivity index (χ3v) is 5.19. The van der Waals surface area contributed by atoms with Gasteiger partial charge < -0.3 is 15.1 Å². The maximum Gasteiger partial charge on any atom is 0.243 e. The summed E-state index contributed by atoms with van der Waals surface area (Å²) in [5.74, 6) is -0.265. The van der Waals surface area contributed by atoms with Gasteiger partial charge in [-0.05, 0) is 24.5 Å². The molecule has 0 bridgehead atoms. The SMILES string of the molecule is CNC(=O)[C@H]1CN(CC(=O)N2CCCc3ccccc32)CCN1C(C)=O. The van der Waals surface area contributed by atoms with Gasteiger partial charge in [0.15, 0.2) is 0 Å². The molecule has 0 radical (unpaired) electrons. The highest BCUT2D eigenvalue weighted by atomic mass is 16.2. The summed E-state index contributed by atoms with van der Waals surface area (Å²) in [5.41, 5.74) is 2.20. The van der Waals surface area contributed by atoms with Crippen molar-refractivity contribution in [3.63, 3.8) is 0 Å². The first-order chi connectivity index (χ1) is 12.5. The standard InChI is InChI=1S/C19H26N4O3/c1-14(24)22-11-10-21(12-17(22)19(26)20-2)13-18(25)23-9-5-7-15-6-3-4-8-16(15)23/h3-4,6,8,17H,5,7,9-13H2,1-2H3,(H,20,26)/t17-/m1/s1. The van der Waals surface area contributed by atoms with Gasteiger partial charge in [0.05, 0.1) is 6.54 Å². The molecule has 1 N–H and O–H groups in total. The van der Waals surface area contributed by atoms with Crippen molar-refractivity contribution in [3.8, 4) is 0 Å². The first kappa shape index (κ1) is 18.4. The molecule has 7 heteroatoms. The van der Waals surface area contributed by atoms with Crippen molar-refractivity contribution in [3.05, 3.63) is 29.8 Å². The number of amides is 3. The summed E-state index contributed by atoms with van der Waals surface area (Å²) in [6.45, 7) is 3.88. The van der Waals surface area contributed by atoms with Gasteiger partial charge in [-0.15, -0.1) is 0 Å². The summed E-state index contributed by atoms with van der Waals surface area (Å²) in [7, 11) is 1.56. The lowest BCUT2D eigenvalue weighted by Gasteiger charge is -2.40. The zero-order valence-electron chi connectivity index (χ0n) is 15.4. The number of carbonyl (C=O) groups is 3. The van der Waals surface area contributed by atoms with Gasteiger partial charge in [-0.2, -0.15) is 0 Å². The summed E-state index contributed by atoms with van der Waals surface area (Å²) in [6, 6.07) is 7.47. The lowest BCUT2D eigenvalue weighted by Crippen LogP contribution is -2.61. The zero-order valence-corrected chi connectivity index (χ0v) is 15.4. The Morgan fingerprint density at radius 3 is 2.65 bits per heavy atom. The molecule has 1 atom stereocenters. The van der Waals surface area contributed by atoms with Crippen molar-refractivity contribution in [1.82, 2.24) is 15.1 Å².